The highest BCUT2D eigenvalue weighted by Gasteiger charge is 2.23. The van der Waals surface area contributed by atoms with Crippen LogP contribution in [-0.4, -0.2) is 20.7 Å². The summed E-state index contributed by atoms with van der Waals surface area (Å²) in [6, 6.07) is 21.4. The van der Waals surface area contributed by atoms with Crippen LogP contribution in [0.5, 0.6) is 0 Å². The van der Waals surface area contributed by atoms with E-state index >= 15 is 0 Å². The summed E-state index contributed by atoms with van der Waals surface area (Å²) < 4.78 is 2.00. The third-order valence-electron chi connectivity index (χ3n) is 5.65. The van der Waals surface area contributed by atoms with Crippen LogP contribution in [0, 0.1) is 20.8 Å². The van der Waals surface area contributed by atoms with Crippen LogP contribution in [0.2, 0.25) is 5.02 Å². The molecule has 1 amide bonds. The van der Waals surface area contributed by atoms with Gasteiger partial charge in [-0.25, -0.2) is 0 Å². The number of rotatable bonds is 7. The molecule has 1 aromatic heterocycles. The molecular formula is C27H27ClN4OS. The Kier molecular flexibility index (Phi) is 7.39. The molecule has 0 aliphatic carbocycles. The quantitative estimate of drug-likeness (QED) is 0.295. The Morgan fingerprint density at radius 3 is 2.56 bits per heavy atom. The van der Waals surface area contributed by atoms with Crippen molar-refractivity contribution in [2.45, 2.75) is 44.6 Å². The number of halogens is 1. The first-order chi connectivity index (χ1) is 16.3. The summed E-state index contributed by atoms with van der Waals surface area (Å²) in [5, 5.41) is 13.5. The number of benzene rings is 3. The fourth-order valence-corrected chi connectivity index (χ4v) is 4.88. The van der Waals surface area contributed by atoms with Crippen LogP contribution in [0.15, 0.2) is 71.9 Å². The second-order valence-electron chi connectivity index (χ2n) is 8.39. The number of nitrogens with zero attached hydrogens (tertiary/aromatic N) is 3. The molecule has 1 atom stereocenters. The first-order valence-electron chi connectivity index (χ1n) is 11.1. The summed E-state index contributed by atoms with van der Waals surface area (Å²) in [5.74, 6) is 1.26. The lowest BCUT2D eigenvalue weighted by Gasteiger charge is -2.18. The molecule has 0 saturated carbocycles. The van der Waals surface area contributed by atoms with E-state index in [2.05, 4.69) is 46.7 Å². The van der Waals surface area contributed by atoms with Gasteiger partial charge in [-0.05, 0) is 62.6 Å². The molecule has 0 saturated heterocycles. The topological polar surface area (TPSA) is 59.8 Å². The predicted molar refractivity (Wildman–Crippen MR) is 139 cm³/mol. The molecule has 0 aliphatic heterocycles. The van der Waals surface area contributed by atoms with Gasteiger partial charge in [0, 0.05) is 16.3 Å². The number of aromatic nitrogens is 3. The van der Waals surface area contributed by atoms with E-state index in [0.29, 0.717) is 16.4 Å². The molecule has 0 fully saturated rings. The third kappa shape index (κ3) is 5.34. The Hall–Kier alpha value is -3.09. The average molecular weight is 491 g/mol. The van der Waals surface area contributed by atoms with Gasteiger partial charge in [-0.2, -0.15) is 0 Å². The normalized spacial score (nSPS) is 11.9. The van der Waals surface area contributed by atoms with Gasteiger partial charge in [0.05, 0.1) is 11.7 Å². The van der Waals surface area contributed by atoms with Crippen molar-refractivity contribution in [1.82, 2.24) is 20.1 Å². The first kappa shape index (κ1) is 24.0. The molecule has 0 bridgehead atoms. The van der Waals surface area contributed by atoms with Crippen molar-refractivity contribution in [2.75, 3.05) is 0 Å². The lowest BCUT2D eigenvalue weighted by Crippen LogP contribution is -2.29. The van der Waals surface area contributed by atoms with Crippen molar-refractivity contribution in [3.05, 3.63) is 105 Å². The van der Waals surface area contributed by atoms with Gasteiger partial charge in [-0.1, -0.05) is 77.5 Å². The van der Waals surface area contributed by atoms with Crippen molar-refractivity contribution in [3.63, 3.8) is 0 Å². The summed E-state index contributed by atoms with van der Waals surface area (Å²) in [7, 11) is 0. The van der Waals surface area contributed by atoms with Gasteiger partial charge in [-0.15, -0.1) is 10.2 Å². The van der Waals surface area contributed by atoms with E-state index in [9.17, 15) is 4.79 Å². The summed E-state index contributed by atoms with van der Waals surface area (Å²) in [6.45, 7) is 7.97. The molecule has 4 aromatic rings. The lowest BCUT2D eigenvalue weighted by molar-refractivity contribution is 0.0937. The molecule has 1 N–H and O–H groups in total. The van der Waals surface area contributed by atoms with Crippen molar-refractivity contribution in [3.8, 4) is 5.69 Å². The van der Waals surface area contributed by atoms with Gasteiger partial charge in [0.1, 0.15) is 0 Å². The van der Waals surface area contributed by atoms with E-state index in [4.69, 9.17) is 11.6 Å². The maximum absolute atomic E-state index is 13.0. The van der Waals surface area contributed by atoms with Crippen LogP contribution in [0.1, 0.15) is 51.4 Å². The molecule has 3 aromatic carbocycles. The van der Waals surface area contributed by atoms with E-state index < -0.39 is 0 Å². The Morgan fingerprint density at radius 2 is 1.79 bits per heavy atom. The molecule has 1 heterocycles. The highest BCUT2D eigenvalue weighted by atomic mass is 35.5. The maximum atomic E-state index is 13.0. The molecular weight excluding hydrogens is 464 g/mol. The number of thioether (sulfide) groups is 1. The smallest absolute Gasteiger partial charge is 0.252 e. The summed E-state index contributed by atoms with van der Waals surface area (Å²) in [6.07, 6.45) is 0. The van der Waals surface area contributed by atoms with Crippen molar-refractivity contribution >= 4 is 29.3 Å². The third-order valence-corrected chi connectivity index (χ3v) is 6.88. The van der Waals surface area contributed by atoms with Crippen molar-refractivity contribution in [1.29, 1.82) is 0 Å². The lowest BCUT2D eigenvalue weighted by atomic mass is 10.1. The Bertz CT molecular complexity index is 1330. The predicted octanol–water partition coefficient (Wildman–Crippen LogP) is 6.63. The largest absolute Gasteiger partial charge is 0.342 e. The molecule has 34 heavy (non-hydrogen) atoms. The average Bonchev–Trinajstić information content (AvgIpc) is 3.23. The van der Waals surface area contributed by atoms with E-state index in [1.807, 2.05) is 67.8 Å². The zero-order chi connectivity index (χ0) is 24.2. The minimum Gasteiger partial charge on any atom is -0.342 e. The van der Waals surface area contributed by atoms with E-state index in [1.54, 1.807) is 11.8 Å². The molecule has 1 unspecified atom stereocenters. The van der Waals surface area contributed by atoms with E-state index in [0.717, 1.165) is 27.7 Å². The minimum absolute atomic E-state index is 0.142. The number of aryl methyl sites for hydroxylation is 3. The van der Waals surface area contributed by atoms with E-state index in [-0.39, 0.29) is 11.9 Å². The number of carbonyl (C=O) groups is 1. The molecule has 0 aliphatic rings. The molecule has 4 rings (SSSR count). The Labute approximate surface area is 209 Å². The van der Waals surface area contributed by atoms with Crippen molar-refractivity contribution in [2.24, 2.45) is 0 Å². The van der Waals surface area contributed by atoms with Crippen LogP contribution in [0.3, 0.4) is 0 Å². The molecule has 5 nitrogen and oxygen atoms in total. The fraction of sp³-hybridized carbons (Fsp3) is 0.222. The molecule has 174 valence electrons. The van der Waals surface area contributed by atoms with Gasteiger partial charge < -0.3 is 5.32 Å². The minimum atomic E-state index is -0.369. The molecule has 0 radical (unpaired) electrons. The van der Waals surface area contributed by atoms with Gasteiger partial charge in [0.25, 0.3) is 5.91 Å². The fourth-order valence-electron chi connectivity index (χ4n) is 3.82. The first-order valence-corrected chi connectivity index (χ1v) is 12.5. The second-order valence-corrected chi connectivity index (χ2v) is 9.77. The van der Waals surface area contributed by atoms with Crippen LogP contribution in [-0.2, 0) is 5.75 Å². The van der Waals surface area contributed by atoms with Crippen LogP contribution >= 0.6 is 23.4 Å². The zero-order valence-corrected chi connectivity index (χ0v) is 21.2. The number of nitrogens with one attached hydrogen (secondary N) is 1. The van der Waals surface area contributed by atoms with Crippen LogP contribution < -0.4 is 5.32 Å². The summed E-state index contributed by atoms with van der Waals surface area (Å²) in [4.78, 5) is 13.0. The maximum Gasteiger partial charge on any atom is 0.252 e. The molecule has 7 heteroatoms. The Morgan fingerprint density at radius 1 is 1.00 bits per heavy atom. The highest BCUT2D eigenvalue weighted by Crippen LogP contribution is 2.30. The van der Waals surface area contributed by atoms with Crippen LogP contribution in [0.25, 0.3) is 5.69 Å². The van der Waals surface area contributed by atoms with Gasteiger partial charge in [0.2, 0.25) is 0 Å². The SMILES string of the molecule is Cc1cccc(CSc2nnc(C(C)NC(=O)c3ccccc3C)n2-c2cc(Cl)ccc2C)c1. The van der Waals surface area contributed by atoms with Crippen molar-refractivity contribution < 1.29 is 4.79 Å². The molecule has 0 spiro atoms. The Balaban J connectivity index is 1.68. The number of amides is 1. The number of hydrogen-bond acceptors (Lipinski definition) is 4. The standard InChI is InChI=1S/C27H27ClN4OS/c1-17-8-7-10-21(14-17)16-34-27-31-30-25(32(27)24-15-22(28)13-12-19(24)3)20(4)29-26(33)23-11-6-5-9-18(23)2/h5-15,20H,16H2,1-4H3,(H,29,33). The number of hydrogen-bond donors (Lipinski definition) is 1. The van der Waals surface area contributed by atoms with Gasteiger partial charge >= 0.3 is 0 Å². The van der Waals surface area contributed by atoms with E-state index in [1.165, 1.54) is 11.1 Å². The van der Waals surface area contributed by atoms with Gasteiger partial charge in [0.15, 0.2) is 11.0 Å². The number of carbonyl (C=O) groups excluding carboxylic acids is 1. The second kappa shape index (κ2) is 10.5. The summed E-state index contributed by atoms with van der Waals surface area (Å²) >= 11 is 7.97. The summed E-state index contributed by atoms with van der Waals surface area (Å²) in [5.41, 5.74) is 5.95. The monoisotopic (exact) mass is 490 g/mol. The zero-order valence-electron chi connectivity index (χ0n) is 19.7. The van der Waals surface area contributed by atoms with Crippen LogP contribution in [0.4, 0.5) is 0 Å². The van der Waals surface area contributed by atoms with Gasteiger partial charge in [-0.3, -0.25) is 9.36 Å². The highest BCUT2D eigenvalue weighted by molar-refractivity contribution is 7.98.